The van der Waals surface area contributed by atoms with Crippen LogP contribution in [0.15, 0.2) is 107 Å². The SMILES string of the molecule is Cc1ccc2[nH]c(-c3ccccn3)c(CCCC(=O)Nc3ccc(N=Nc4ccccc4)cc3)c2c1. The molecule has 0 fully saturated rings. The zero-order valence-electron chi connectivity index (χ0n) is 20.1. The Hall–Kier alpha value is -4.58. The molecule has 36 heavy (non-hydrogen) atoms. The molecular formula is C30H27N5O. The van der Waals surface area contributed by atoms with E-state index >= 15 is 0 Å². The predicted octanol–water partition coefficient (Wildman–Crippen LogP) is 7.92. The van der Waals surface area contributed by atoms with Crippen molar-refractivity contribution in [3.05, 3.63) is 108 Å². The lowest BCUT2D eigenvalue weighted by Crippen LogP contribution is -2.11. The number of aromatic amines is 1. The van der Waals surface area contributed by atoms with Crippen LogP contribution in [-0.2, 0) is 11.2 Å². The number of pyridine rings is 1. The molecule has 0 atom stereocenters. The van der Waals surface area contributed by atoms with E-state index in [1.165, 1.54) is 16.5 Å². The Labute approximate surface area is 210 Å². The second kappa shape index (κ2) is 10.8. The lowest BCUT2D eigenvalue weighted by atomic mass is 10.0. The molecule has 2 N–H and O–H groups in total. The van der Waals surface area contributed by atoms with Gasteiger partial charge in [-0.2, -0.15) is 10.2 Å². The Morgan fingerprint density at radius 1 is 0.889 bits per heavy atom. The van der Waals surface area contributed by atoms with Gasteiger partial charge in [0.2, 0.25) is 5.91 Å². The van der Waals surface area contributed by atoms with Crippen LogP contribution in [0.4, 0.5) is 17.1 Å². The summed E-state index contributed by atoms with van der Waals surface area (Å²) >= 11 is 0. The molecular weight excluding hydrogens is 446 g/mol. The molecule has 5 aromatic rings. The quantitative estimate of drug-likeness (QED) is 0.224. The second-order valence-corrected chi connectivity index (χ2v) is 8.73. The maximum absolute atomic E-state index is 12.6. The number of hydrogen-bond acceptors (Lipinski definition) is 4. The van der Waals surface area contributed by atoms with Gasteiger partial charge in [0.05, 0.1) is 22.8 Å². The first kappa shape index (κ1) is 23.2. The van der Waals surface area contributed by atoms with Crippen LogP contribution in [-0.4, -0.2) is 15.9 Å². The van der Waals surface area contributed by atoms with Crippen molar-refractivity contribution in [3.8, 4) is 11.4 Å². The average molecular weight is 474 g/mol. The number of anilines is 1. The van der Waals surface area contributed by atoms with Crippen LogP contribution in [0.25, 0.3) is 22.3 Å². The normalized spacial score (nSPS) is 11.2. The van der Waals surface area contributed by atoms with Gasteiger partial charge in [0.15, 0.2) is 0 Å². The van der Waals surface area contributed by atoms with Crippen LogP contribution in [0.1, 0.15) is 24.0 Å². The number of carbonyl (C=O) groups excluding carboxylic acids is 1. The number of carbonyl (C=O) groups is 1. The van der Waals surface area contributed by atoms with E-state index in [0.29, 0.717) is 6.42 Å². The third-order valence-electron chi connectivity index (χ3n) is 6.00. The number of nitrogens with zero attached hydrogens (tertiary/aromatic N) is 3. The maximum Gasteiger partial charge on any atom is 0.224 e. The largest absolute Gasteiger partial charge is 0.353 e. The Morgan fingerprint density at radius 2 is 1.64 bits per heavy atom. The molecule has 0 aliphatic carbocycles. The van der Waals surface area contributed by atoms with Gasteiger partial charge in [-0.1, -0.05) is 35.9 Å². The van der Waals surface area contributed by atoms with Crippen LogP contribution in [0, 0.1) is 6.92 Å². The minimum atomic E-state index is -0.0101. The predicted molar refractivity (Wildman–Crippen MR) is 145 cm³/mol. The van der Waals surface area contributed by atoms with E-state index in [1.807, 2.05) is 72.8 Å². The molecule has 178 valence electrons. The van der Waals surface area contributed by atoms with E-state index in [1.54, 1.807) is 6.20 Å². The van der Waals surface area contributed by atoms with Gasteiger partial charge in [-0.15, -0.1) is 0 Å². The van der Waals surface area contributed by atoms with E-state index in [4.69, 9.17) is 0 Å². The molecule has 0 unspecified atom stereocenters. The van der Waals surface area contributed by atoms with Gasteiger partial charge in [0.1, 0.15) is 0 Å². The van der Waals surface area contributed by atoms with Crippen molar-refractivity contribution in [1.82, 2.24) is 9.97 Å². The monoisotopic (exact) mass is 473 g/mol. The van der Waals surface area contributed by atoms with Gasteiger partial charge in [-0.3, -0.25) is 9.78 Å². The van der Waals surface area contributed by atoms with Crippen molar-refractivity contribution in [2.45, 2.75) is 26.2 Å². The zero-order chi connectivity index (χ0) is 24.7. The van der Waals surface area contributed by atoms with Crippen LogP contribution >= 0.6 is 0 Å². The molecule has 0 bridgehead atoms. The van der Waals surface area contributed by atoms with E-state index in [-0.39, 0.29) is 5.91 Å². The van der Waals surface area contributed by atoms with Gasteiger partial charge in [0.25, 0.3) is 0 Å². The van der Waals surface area contributed by atoms with Crippen LogP contribution in [0.5, 0.6) is 0 Å². The van der Waals surface area contributed by atoms with Gasteiger partial charge in [-0.05, 0) is 86.0 Å². The van der Waals surface area contributed by atoms with Crippen molar-refractivity contribution in [2.24, 2.45) is 10.2 Å². The van der Waals surface area contributed by atoms with Gasteiger partial charge >= 0.3 is 0 Å². The van der Waals surface area contributed by atoms with Crippen molar-refractivity contribution >= 4 is 33.9 Å². The molecule has 6 heteroatoms. The van der Waals surface area contributed by atoms with Crippen LogP contribution < -0.4 is 5.32 Å². The van der Waals surface area contributed by atoms with Crippen LogP contribution in [0.3, 0.4) is 0 Å². The summed E-state index contributed by atoms with van der Waals surface area (Å²) in [7, 11) is 0. The number of hydrogen-bond donors (Lipinski definition) is 2. The molecule has 1 amide bonds. The number of H-pyrrole nitrogens is 1. The number of nitrogens with one attached hydrogen (secondary N) is 2. The molecule has 3 aromatic carbocycles. The molecule has 0 saturated heterocycles. The number of amides is 1. The molecule has 5 rings (SSSR count). The summed E-state index contributed by atoms with van der Waals surface area (Å²) in [5, 5.41) is 12.6. The topological polar surface area (TPSA) is 82.5 Å². The Bertz CT molecular complexity index is 1490. The van der Waals surface area contributed by atoms with E-state index in [0.717, 1.165) is 46.8 Å². The molecule has 0 saturated carbocycles. The summed E-state index contributed by atoms with van der Waals surface area (Å²) in [5.74, 6) is -0.0101. The minimum absolute atomic E-state index is 0.0101. The Kier molecular flexibility index (Phi) is 6.94. The number of azo groups is 1. The number of benzene rings is 3. The summed E-state index contributed by atoms with van der Waals surface area (Å²) in [6, 6.07) is 29.3. The Morgan fingerprint density at radius 3 is 2.39 bits per heavy atom. The van der Waals surface area contributed by atoms with Crippen molar-refractivity contribution in [2.75, 3.05) is 5.32 Å². The summed E-state index contributed by atoms with van der Waals surface area (Å²) in [5.41, 5.74) is 7.71. The first-order chi connectivity index (χ1) is 17.7. The van der Waals surface area contributed by atoms with Gasteiger partial charge in [-0.25, -0.2) is 0 Å². The molecule has 2 heterocycles. The lowest BCUT2D eigenvalue weighted by Gasteiger charge is -2.07. The van der Waals surface area contributed by atoms with E-state index in [2.05, 4.69) is 50.6 Å². The van der Waals surface area contributed by atoms with E-state index in [9.17, 15) is 4.79 Å². The first-order valence-electron chi connectivity index (χ1n) is 12.0. The van der Waals surface area contributed by atoms with Crippen molar-refractivity contribution in [3.63, 3.8) is 0 Å². The summed E-state index contributed by atoms with van der Waals surface area (Å²) in [6.07, 6.45) is 3.74. The van der Waals surface area contributed by atoms with Crippen LogP contribution in [0.2, 0.25) is 0 Å². The van der Waals surface area contributed by atoms with Gasteiger partial charge < -0.3 is 10.3 Å². The van der Waals surface area contributed by atoms with E-state index < -0.39 is 0 Å². The molecule has 2 aromatic heterocycles. The fourth-order valence-corrected chi connectivity index (χ4v) is 4.22. The molecule has 0 aliphatic rings. The number of rotatable bonds is 8. The lowest BCUT2D eigenvalue weighted by molar-refractivity contribution is -0.116. The number of fused-ring (bicyclic) bond motifs is 1. The van der Waals surface area contributed by atoms with Crippen molar-refractivity contribution in [1.29, 1.82) is 0 Å². The van der Waals surface area contributed by atoms with Gasteiger partial charge in [0, 0.05) is 29.2 Å². The smallest absolute Gasteiger partial charge is 0.224 e. The Balaban J connectivity index is 1.22. The third kappa shape index (κ3) is 5.55. The summed E-state index contributed by atoms with van der Waals surface area (Å²) < 4.78 is 0. The third-order valence-corrected chi connectivity index (χ3v) is 6.00. The highest BCUT2D eigenvalue weighted by Gasteiger charge is 2.15. The molecule has 0 aliphatic heterocycles. The maximum atomic E-state index is 12.6. The molecule has 6 nitrogen and oxygen atoms in total. The summed E-state index contributed by atoms with van der Waals surface area (Å²) in [4.78, 5) is 20.7. The standard InChI is InChI=1S/C30H27N5O/c1-21-13-18-27-26(20-21)25(30(33-27)28-11-5-6-19-31-28)10-7-12-29(36)32-22-14-16-24(17-15-22)35-34-23-8-3-2-4-9-23/h2-6,8-9,11,13-20,33H,7,10,12H2,1H3,(H,32,36). The zero-order valence-corrected chi connectivity index (χ0v) is 20.1. The fourth-order valence-electron chi connectivity index (χ4n) is 4.22. The average Bonchev–Trinajstić information content (AvgIpc) is 3.27. The van der Waals surface area contributed by atoms with Crippen molar-refractivity contribution < 1.29 is 4.79 Å². The second-order valence-electron chi connectivity index (χ2n) is 8.73. The fraction of sp³-hybridized carbons (Fsp3) is 0.133. The highest BCUT2D eigenvalue weighted by atomic mass is 16.1. The minimum Gasteiger partial charge on any atom is -0.353 e. The summed E-state index contributed by atoms with van der Waals surface area (Å²) in [6.45, 7) is 2.10. The highest BCUT2D eigenvalue weighted by molar-refractivity contribution is 5.92. The highest BCUT2D eigenvalue weighted by Crippen LogP contribution is 2.31. The number of aromatic nitrogens is 2. The molecule has 0 radical (unpaired) electrons. The first-order valence-corrected chi connectivity index (χ1v) is 12.0. The molecule has 0 spiro atoms. The number of aryl methyl sites for hydroxylation is 2.